The zero-order chi connectivity index (χ0) is 8.57. The molecule has 0 rings (SSSR count). The van der Waals surface area contributed by atoms with Crippen LogP contribution in [-0.2, 0) is 0 Å². The summed E-state index contributed by atoms with van der Waals surface area (Å²) in [4.78, 5) is 18.1. The van der Waals surface area contributed by atoms with Gasteiger partial charge in [-0.25, -0.2) is 20.2 Å². The lowest BCUT2D eigenvalue weighted by molar-refractivity contribution is -0.778. The maximum absolute atomic E-state index is 9.06. The maximum atomic E-state index is 9.06. The molecule has 0 aromatic heterocycles. The van der Waals surface area contributed by atoms with E-state index in [1.165, 1.54) is 6.42 Å². The predicted molar refractivity (Wildman–Crippen MR) is 33.1 cm³/mol. The van der Waals surface area contributed by atoms with Crippen molar-refractivity contribution in [2.45, 2.75) is 20.3 Å². The highest BCUT2D eigenvalue weighted by molar-refractivity contribution is 3.96. The summed E-state index contributed by atoms with van der Waals surface area (Å²) in [6, 6.07) is 0. The van der Waals surface area contributed by atoms with E-state index in [1.54, 1.807) is 0 Å². The summed E-state index contributed by atoms with van der Waals surface area (Å²) in [5, 5.41) is 15.6. The van der Waals surface area contributed by atoms with Gasteiger partial charge >= 0.3 is 0 Å². The Morgan fingerprint density at radius 1 is 1.20 bits per heavy atom. The molecule has 1 N–H and O–H groups in total. The summed E-state index contributed by atoms with van der Waals surface area (Å²) in [7, 11) is 0. The van der Waals surface area contributed by atoms with Gasteiger partial charge in [0.2, 0.25) is 10.1 Å². The van der Waals surface area contributed by atoms with Crippen molar-refractivity contribution in [1.29, 1.82) is 0 Å². The molecule has 0 radical (unpaired) electrons. The van der Waals surface area contributed by atoms with Crippen LogP contribution >= 0.6 is 0 Å². The third-order valence-corrected chi connectivity index (χ3v) is 0.163. The molecule has 0 aliphatic carbocycles. The highest BCUT2D eigenvalue weighted by Crippen LogP contribution is 1.56. The van der Waals surface area contributed by atoms with Crippen molar-refractivity contribution in [3.05, 3.63) is 20.2 Å². The fraction of sp³-hybridized carbons (Fsp3) is 1.00. The van der Waals surface area contributed by atoms with Crippen LogP contribution in [-0.4, -0.2) is 10.1 Å². The number of nitro groups is 2. The number of nitrogens with one attached hydrogen (secondary N) is 1. The molecular weight excluding hydrogens is 142 g/mol. The minimum absolute atomic E-state index is 0.750. The second-order valence-corrected chi connectivity index (χ2v) is 1.32. The lowest BCUT2D eigenvalue weighted by atomic mass is 10.6. The minimum atomic E-state index is -1.25. The maximum Gasteiger partial charge on any atom is 0.220 e. The van der Waals surface area contributed by atoms with E-state index in [4.69, 9.17) is 20.2 Å². The summed E-state index contributed by atoms with van der Waals surface area (Å²) in [6.07, 6.45) is 1.25. The van der Waals surface area contributed by atoms with E-state index < -0.39 is 10.1 Å². The first-order valence-corrected chi connectivity index (χ1v) is 2.59. The molecule has 7 heteroatoms. The monoisotopic (exact) mass is 151 g/mol. The number of hydrogen-bond donors (Lipinski definition) is 1. The Balaban J connectivity index is 0. The van der Waals surface area contributed by atoms with Gasteiger partial charge in [-0.2, -0.15) is 0 Å². The highest BCUT2D eigenvalue weighted by Gasteiger charge is 1.99. The third-order valence-electron chi connectivity index (χ3n) is 0.163. The first kappa shape index (κ1) is 11.4. The molecule has 0 spiro atoms. The van der Waals surface area contributed by atoms with Gasteiger partial charge in [-0.05, 0) is 0 Å². The average molecular weight is 151 g/mol. The van der Waals surface area contributed by atoms with E-state index in [9.17, 15) is 0 Å². The van der Waals surface area contributed by atoms with Crippen LogP contribution in [0.15, 0.2) is 0 Å². The van der Waals surface area contributed by atoms with Crippen molar-refractivity contribution in [2.24, 2.45) is 0 Å². The van der Waals surface area contributed by atoms with Crippen LogP contribution in [0.2, 0.25) is 0 Å². The Kier molecular flexibility index (Phi) is 8.67. The van der Waals surface area contributed by atoms with Crippen molar-refractivity contribution in [2.75, 3.05) is 0 Å². The topological polar surface area (TPSA) is 98.3 Å². The molecule has 0 aromatic carbocycles. The summed E-state index contributed by atoms with van der Waals surface area (Å²) in [6.45, 7) is 4.25. The molecule has 0 amide bonds. The third kappa shape index (κ3) is 30.6. The molecule has 0 heterocycles. The summed E-state index contributed by atoms with van der Waals surface area (Å²) >= 11 is 0. The van der Waals surface area contributed by atoms with Crippen LogP contribution in [0.25, 0.3) is 0 Å². The molecule has 0 unspecified atom stereocenters. The lowest BCUT2D eigenvalue weighted by Gasteiger charge is -1.78. The number of hydrazine groups is 2. The molecule has 0 atom stereocenters. The highest BCUT2D eigenvalue weighted by atomic mass is 16.8. The van der Waals surface area contributed by atoms with Crippen molar-refractivity contribution in [3.63, 3.8) is 0 Å². The van der Waals surface area contributed by atoms with Crippen LogP contribution in [0.3, 0.4) is 0 Å². The van der Waals surface area contributed by atoms with Crippen molar-refractivity contribution >= 4 is 0 Å². The molecule has 0 aromatic rings. The number of rotatable bonds is 2. The lowest BCUT2D eigenvalue weighted by Crippen LogP contribution is -2.27. The summed E-state index contributed by atoms with van der Waals surface area (Å²) in [5.74, 6) is 0. The Bertz CT molecular complexity index is 102. The van der Waals surface area contributed by atoms with Gasteiger partial charge in [0.25, 0.3) is 0 Å². The zero-order valence-electron chi connectivity index (χ0n) is 5.73. The SMILES string of the molecule is CCC.O=[N+]([O-])N[N+](=O)[O-]. The smallest absolute Gasteiger partial charge is 0.220 e. The second kappa shape index (κ2) is 7.60. The zero-order valence-corrected chi connectivity index (χ0v) is 5.73. The molecule has 0 bridgehead atoms. The Labute approximate surface area is 57.3 Å². The summed E-state index contributed by atoms with van der Waals surface area (Å²) in [5.41, 5.74) is 0.750. The van der Waals surface area contributed by atoms with Crippen LogP contribution in [0.4, 0.5) is 0 Å². The average Bonchev–Trinajstić information content (AvgIpc) is 1.62. The van der Waals surface area contributed by atoms with Crippen LogP contribution in [0, 0.1) is 20.2 Å². The molecule has 10 heavy (non-hydrogen) atoms. The van der Waals surface area contributed by atoms with Gasteiger partial charge in [0.05, 0.1) is 0 Å². The molecular formula is C3H9N3O4. The predicted octanol–water partition coefficient (Wildman–Crippen LogP) is 0.376. The fourth-order valence-corrected chi connectivity index (χ4v) is 0.0667. The molecule has 0 aliphatic heterocycles. The molecule has 0 saturated carbocycles. The van der Waals surface area contributed by atoms with E-state index in [1.807, 2.05) is 0 Å². The molecule has 0 fully saturated rings. The Morgan fingerprint density at radius 2 is 1.40 bits per heavy atom. The first-order chi connectivity index (χ1) is 4.54. The first-order valence-electron chi connectivity index (χ1n) is 2.59. The van der Waals surface area contributed by atoms with E-state index in [0.717, 1.165) is 5.53 Å². The van der Waals surface area contributed by atoms with E-state index >= 15 is 0 Å². The fourth-order valence-electron chi connectivity index (χ4n) is 0.0667. The Morgan fingerprint density at radius 3 is 1.40 bits per heavy atom. The van der Waals surface area contributed by atoms with E-state index in [2.05, 4.69) is 13.8 Å². The van der Waals surface area contributed by atoms with E-state index in [-0.39, 0.29) is 0 Å². The largest absolute Gasteiger partial charge is 0.230 e. The van der Waals surface area contributed by atoms with Gasteiger partial charge in [0.1, 0.15) is 0 Å². The normalized spacial score (nSPS) is 7.00. The number of nitrogens with zero attached hydrogens (tertiary/aromatic N) is 2. The van der Waals surface area contributed by atoms with Gasteiger partial charge in [-0.1, -0.05) is 20.3 Å². The second-order valence-electron chi connectivity index (χ2n) is 1.32. The van der Waals surface area contributed by atoms with Crippen molar-refractivity contribution in [1.82, 2.24) is 5.53 Å². The van der Waals surface area contributed by atoms with Crippen molar-refractivity contribution < 1.29 is 10.1 Å². The van der Waals surface area contributed by atoms with E-state index in [0.29, 0.717) is 0 Å². The Hall–Kier alpha value is -1.40. The van der Waals surface area contributed by atoms with Gasteiger partial charge < -0.3 is 0 Å². The standard InChI is InChI=1S/C3H8.HN3O4/c1-3-2;4-2(5)1-3(6)7/h3H2,1-2H3;1H. The van der Waals surface area contributed by atoms with Crippen LogP contribution in [0.1, 0.15) is 20.3 Å². The molecule has 0 aliphatic rings. The van der Waals surface area contributed by atoms with Gasteiger partial charge in [-0.3, -0.25) is 0 Å². The van der Waals surface area contributed by atoms with Crippen LogP contribution < -0.4 is 5.53 Å². The molecule has 0 saturated heterocycles. The molecule has 7 nitrogen and oxygen atoms in total. The van der Waals surface area contributed by atoms with Gasteiger partial charge in [0, 0.05) is 0 Å². The van der Waals surface area contributed by atoms with Crippen LogP contribution in [0.5, 0.6) is 0 Å². The summed E-state index contributed by atoms with van der Waals surface area (Å²) < 4.78 is 0. The quantitative estimate of drug-likeness (QED) is 0.454. The van der Waals surface area contributed by atoms with Gasteiger partial charge in [0.15, 0.2) is 5.53 Å². The number of hydrogen-bond acceptors (Lipinski definition) is 4. The van der Waals surface area contributed by atoms with Gasteiger partial charge in [-0.15, -0.1) is 0 Å². The van der Waals surface area contributed by atoms with Crippen molar-refractivity contribution in [3.8, 4) is 0 Å². The minimum Gasteiger partial charge on any atom is -0.230 e. The molecule has 60 valence electrons.